The number of ether oxygens (including phenoxy) is 1. The summed E-state index contributed by atoms with van der Waals surface area (Å²) in [7, 11) is -6.21. The molecule has 0 spiro atoms. The predicted octanol–water partition coefficient (Wildman–Crippen LogP) is 11.3. The van der Waals surface area contributed by atoms with Gasteiger partial charge in [-0.05, 0) is 116 Å². The first-order chi connectivity index (χ1) is 33.8. The summed E-state index contributed by atoms with van der Waals surface area (Å²) in [6.07, 6.45) is 3.34. The molecule has 2 aromatic heterocycles. The van der Waals surface area contributed by atoms with Crippen molar-refractivity contribution in [2.75, 3.05) is 0 Å². The molecule has 0 N–H and O–H groups in total. The highest BCUT2D eigenvalue weighted by Crippen LogP contribution is 2.42. The highest BCUT2D eigenvalue weighted by atomic mass is 79.9. The van der Waals surface area contributed by atoms with Gasteiger partial charge in [0.1, 0.15) is 16.5 Å². The molecule has 1 saturated carbocycles. The average molecular weight is 1070 g/mol. The topological polar surface area (TPSA) is 88.8 Å². The zero-order valence-electron chi connectivity index (χ0n) is 43.0. The van der Waals surface area contributed by atoms with E-state index in [0.29, 0.717) is 15.8 Å². The van der Waals surface area contributed by atoms with Gasteiger partial charge in [0.25, 0.3) is 13.9 Å². The zero-order valence-corrected chi connectivity index (χ0v) is 47.4. The molecule has 0 saturated heterocycles. The van der Waals surface area contributed by atoms with Crippen molar-refractivity contribution in [1.29, 1.82) is 0 Å². The SMILES string of the molecule is CCc1ccccc1[C@H](Cn1c(=O)n(C(C)(C)C(=O)O[Si](c2ccccc2)(c2ccccc2)C(C)(C)C)c(=O)c2c(C)c(Br)sc21)OC1CCC(O[Si](c2ccccc2)(c2ccccc2)C(C)(C)C)CC1. The first-order valence-corrected chi connectivity index (χ1v) is 30.5. The van der Waals surface area contributed by atoms with E-state index in [2.05, 4.69) is 137 Å². The van der Waals surface area contributed by atoms with E-state index in [0.717, 1.165) is 62.0 Å². The van der Waals surface area contributed by atoms with Crippen LogP contribution in [0.25, 0.3) is 10.2 Å². The van der Waals surface area contributed by atoms with Gasteiger partial charge in [-0.2, -0.15) is 0 Å². The molecule has 5 aromatic carbocycles. The summed E-state index contributed by atoms with van der Waals surface area (Å²) < 4.78 is 25.5. The Morgan fingerprint density at radius 1 is 0.662 bits per heavy atom. The van der Waals surface area contributed by atoms with Crippen LogP contribution in [-0.2, 0) is 36.9 Å². The van der Waals surface area contributed by atoms with E-state index >= 15 is 14.4 Å². The van der Waals surface area contributed by atoms with Crippen molar-refractivity contribution in [1.82, 2.24) is 9.13 Å². The fourth-order valence-corrected chi connectivity index (χ4v) is 21.9. The fraction of sp³-hybridized carbons (Fsp3) is 0.373. The number of hydrogen-bond donors (Lipinski definition) is 0. The Morgan fingerprint density at radius 2 is 1.10 bits per heavy atom. The highest BCUT2D eigenvalue weighted by molar-refractivity contribution is 9.11. The lowest BCUT2D eigenvalue weighted by molar-refractivity contribution is -0.144. The van der Waals surface area contributed by atoms with Crippen LogP contribution in [0.4, 0.5) is 0 Å². The number of carbonyl (C=O) groups is 1. The smallest absolute Gasteiger partial charge is 0.333 e. The predicted molar refractivity (Wildman–Crippen MR) is 300 cm³/mol. The molecule has 0 unspecified atom stereocenters. The molecule has 8 nitrogen and oxygen atoms in total. The second-order valence-corrected chi connectivity index (χ2v) is 32.5. The summed E-state index contributed by atoms with van der Waals surface area (Å²) in [4.78, 5) is 46.4. The van der Waals surface area contributed by atoms with Gasteiger partial charge < -0.3 is 13.6 Å². The molecule has 71 heavy (non-hydrogen) atoms. The number of rotatable bonds is 15. The molecule has 372 valence electrons. The van der Waals surface area contributed by atoms with Gasteiger partial charge in [0.15, 0.2) is 0 Å². The standard InChI is InChI=1S/C59H69BrN2O6SSi2/c1-11-42-26-24-25-35-49(42)50(66-43-36-38-44(39-37-43)67-70(57(3,4)5,45-27-16-12-17-28-45)46-29-18-13-19-30-46)40-61-54-51(41(2)52(60)69-54)53(63)62(56(61)65)59(9,10)55(64)68-71(58(6,7)8,47-31-20-14-21-32-47)48-33-22-15-23-34-48/h12-35,43-44,50H,11,36-40H2,1-10H3/t43?,44?,50-/m0/s1. The van der Waals surface area contributed by atoms with Gasteiger partial charge in [0.2, 0.25) is 0 Å². The molecule has 1 aliphatic rings. The van der Waals surface area contributed by atoms with Gasteiger partial charge >= 0.3 is 20.0 Å². The van der Waals surface area contributed by atoms with Crippen molar-refractivity contribution >= 4 is 80.8 Å². The summed E-state index contributed by atoms with van der Waals surface area (Å²) in [5.74, 6) is -0.648. The number of aryl methyl sites for hydroxylation is 2. The lowest BCUT2D eigenvalue weighted by Crippen LogP contribution is -2.69. The van der Waals surface area contributed by atoms with E-state index in [-0.39, 0.29) is 23.8 Å². The molecule has 1 atom stereocenters. The van der Waals surface area contributed by atoms with Crippen LogP contribution in [0.3, 0.4) is 0 Å². The molecule has 7 aromatic rings. The third kappa shape index (κ3) is 9.85. The maximum absolute atomic E-state index is 15.5. The number of aromatic nitrogens is 2. The van der Waals surface area contributed by atoms with E-state index in [9.17, 15) is 0 Å². The minimum absolute atomic E-state index is 0.0330. The third-order valence-electron chi connectivity index (χ3n) is 14.7. The van der Waals surface area contributed by atoms with Crippen LogP contribution in [0.5, 0.6) is 0 Å². The van der Waals surface area contributed by atoms with Crippen molar-refractivity contribution in [3.05, 3.63) is 187 Å². The molecule has 0 aliphatic heterocycles. The van der Waals surface area contributed by atoms with Crippen molar-refractivity contribution in [3.8, 4) is 0 Å². The van der Waals surface area contributed by atoms with Gasteiger partial charge in [-0.1, -0.05) is 194 Å². The van der Waals surface area contributed by atoms with E-state index in [1.807, 2.05) is 79.7 Å². The number of benzene rings is 5. The minimum Gasteiger partial charge on any atom is -0.508 e. The minimum atomic E-state index is -3.44. The molecule has 2 heterocycles. The van der Waals surface area contributed by atoms with Crippen molar-refractivity contribution in [2.45, 2.75) is 142 Å². The van der Waals surface area contributed by atoms with Crippen LogP contribution in [0.15, 0.2) is 159 Å². The maximum Gasteiger partial charge on any atom is 0.333 e. The van der Waals surface area contributed by atoms with Gasteiger partial charge in [-0.25, -0.2) is 9.36 Å². The second-order valence-electron chi connectivity index (χ2n) is 21.7. The van der Waals surface area contributed by atoms with E-state index in [1.165, 1.54) is 21.7 Å². The number of carbonyl (C=O) groups excluding carboxylic acids is 1. The Hall–Kier alpha value is -4.96. The Balaban J connectivity index is 1.17. The third-order valence-corrected chi connectivity index (χ3v) is 26.9. The number of halogens is 1. The molecule has 0 radical (unpaired) electrons. The van der Waals surface area contributed by atoms with Crippen molar-refractivity contribution < 1.29 is 18.4 Å². The van der Waals surface area contributed by atoms with E-state index in [4.69, 9.17) is 13.6 Å². The Labute approximate surface area is 434 Å². The molecule has 1 aliphatic carbocycles. The number of thiophene rings is 1. The molecular formula is C59H69BrN2O6SSi2. The van der Waals surface area contributed by atoms with Crippen molar-refractivity contribution in [3.63, 3.8) is 0 Å². The van der Waals surface area contributed by atoms with Crippen LogP contribution in [0.1, 0.15) is 111 Å². The van der Waals surface area contributed by atoms with Crippen molar-refractivity contribution in [2.24, 2.45) is 0 Å². The second kappa shape index (κ2) is 20.9. The Bertz CT molecular complexity index is 3000. The van der Waals surface area contributed by atoms with Gasteiger partial charge in [-0.15, -0.1) is 11.3 Å². The summed E-state index contributed by atoms with van der Waals surface area (Å²) in [6, 6.07) is 49.7. The number of fused-ring (bicyclic) bond motifs is 1. The van der Waals surface area contributed by atoms with Gasteiger partial charge in [0.05, 0.1) is 21.8 Å². The normalized spacial score (nSPS) is 16.5. The first-order valence-electron chi connectivity index (χ1n) is 25.1. The molecule has 12 heteroatoms. The van der Waals surface area contributed by atoms with E-state index in [1.54, 1.807) is 18.4 Å². The molecule has 1 fully saturated rings. The molecule has 8 rings (SSSR count). The summed E-state index contributed by atoms with van der Waals surface area (Å²) in [6.45, 7) is 20.7. The molecule has 0 amide bonds. The molecular weight excluding hydrogens is 1000 g/mol. The van der Waals surface area contributed by atoms with Gasteiger partial charge in [-0.3, -0.25) is 14.2 Å². The quantitative estimate of drug-likeness (QED) is 0.0951. The fourth-order valence-electron chi connectivity index (χ4n) is 11.0. The highest BCUT2D eigenvalue weighted by Gasteiger charge is 2.55. The van der Waals surface area contributed by atoms with Crippen LogP contribution in [0, 0.1) is 6.92 Å². The van der Waals surface area contributed by atoms with Crippen LogP contribution < -0.4 is 32.0 Å². The summed E-state index contributed by atoms with van der Waals surface area (Å²) >= 11 is 5.08. The average Bonchev–Trinajstić information content (AvgIpc) is 3.66. The summed E-state index contributed by atoms with van der Waals surface area (Å²) in [5.41, 5.74) is -0.0208. The van der Waals surface area contributed by atoms with Crippen LogP contribution in [-0.4, -0.2) is 43.9 Å². The number of hydrogen-bond acceptors (Lipinski definition) is 7. The maximum atomic E-state index is 15.5. The molecule has 0 bridgehead atoms. The zero-order chi connectivity index (χ0) is 50.9. The van der Waals surface area contributed by atoms with E-state index < -0.39 is 50.5 Å². The van der Waals surface area contributed by atoms with Crippen LogP contribution in [0.2, 0.25) is 10.1 Å². The monoisotopic (exact) mass is 1070 g/mol. The Morgan fingerprint density at radius 3 is 1.56 bits per heavy atom. The lowest BCUT2D eigenvalue weighted by Gasteiger charge is -2.46. The van der Waals surface area contributed by atoms with Gasteiger partial charge in [0, 0.05) is 6.10 Å². The number of nitrogens with zero attached hydrogens (tertiary/aromatic N) is 2. The Kier molecular flexibility index (Phi) is 15.4. The lowest BCUT2D eigenvalue weighted by atomic mass is 9.94. The summed E-state index contributed by atoms with van der Waals surface area (Å²) in [5, 5.41) is 4.07. The largest absolute Gasteiger partial charge is 0.508 e. The first kappa shape index (κ1) is 52.4. The van der Waals surface area contributed by atoms with Crippen LogP contribution >= 0.6 is 27.3 Å².